The quantitative estimate of drug-likeness (QED) is 0.811. The van der Waals surface area contributed by atoms with Crippen molar-refractivity contribution in [1.82, 2.24) is 0 Å². The van der Waals surface area contributed by atoms with Gasteiger partial charge in [-0.3, -0.25) is 0 Å². The molecule has 0 saturated carbocycles. The molecule has 1 aliphatic rings. The number of likely N-dealkylation sites (N-methyl/N-ethyl adjacent to an activating group) is 1. The summed E-state index contributed by atoms with van der Waals surface area (Å²) >= 11 is 0. The van der Waals surface area contributed by atoms with E-state index in [-0.39, 0.29) is 12.0 Å². The first-order valence-electron chi connectivity index (χ1n) is 5.95. The van der Waals surface area contributed by atoms with E-state index in [1.807, 2.05) is 7.05 Å². The van der Waals surface area contributed by atoms with Gasteiger partial charge >= 0.3 is 5.97 Å². The lowest BCUT2D eigenvalue weighted by Crippen LogP contribution is -2.41. The van der Waals surface area contributed by atoms with Crippen LogP contribution in [0.15, 0.2) is 18.2 Å². The fourth-order valence-electron chi connectivity index (χ4n) is 2.12. The Bertz CT molecular complexity index is 448. The number of nitrogens with zero attached hydrogens (tertiary/aromatic N) is 1. The minimum Gasteiger partial charge on any atom is -0.489 e. The minimum atomic E-state index is -0.341. The third-order valence-corrected chi connectivity index (χ3v) is 3.24. The Kier molecular flexibility index (Phi) is 3.72. The number of carbonyl (C=O) groups is 1. The number of esters is 1. The molecule has 5 heteroatoms. The zero-order valence-corrected chi connectivity index (χ0v) is 10.7. The highest BCUT2D eigenvalue weighted by Gasteiger charge is 2.25. The molecule has 0 spiro atoms. The van der Waals surface area contributed by atoms with Gasteiger partial charge in [0, 0.05) is 7.05 Å². The summed E-state index contributed by atoms with van der Waals surface area (Å²) in [5.41, 5.74) is 7.02. The largest absolute Gasteiger partial charge is 0.489 e. The van der Waals surface area contributed by atoms with Crippen LogP contribution in [-0.4, -0.2) is 39.3 Å². The molecule has 0 saturated heterocycles. The Morgan fingerprint density at radius 2 is 2.39 bits per heavy atom. The summed E-state index contributed by atoms with van der Waals surface area (Å²) in [7, 11) is 3.36. The fraction of sp³-hybridized carbons (Fsp3) is 0.462. The van der Waals surface area contributed by atoms with Gasteiger partial charge in [0.1, 0.15) is 12.4 Å². The van der Waals surface area contributed by atoms with Crippen LogP contribution in [-0.2, 0) is 4.74 Å². The van der Waals surface area contributed by atoms with Crippen LogP contribution >= 0.6 is 0 Å². The molecule has 1 aromatic carbocycles. The number of fused-ring (bicyclic) bond motifs is 1. The Labute approximate surface area is 106 Å². The van der Waals surface area contributed by atoms with Crippen molar-refractivity contribution in [3.05, 3.63) is 23.8 Å². The van der Waals surface area contributed by atoms with Crippen molar-refractivity contribution in [2.75, 3.05) is 32.2 Å². The third kappa shape index (κ3) is 2.26. The highest BCUT2D eigenvalue weighted by molar-refractivity contribution is 5.91. The Balaban J connectivity index is 2.30. The van der Waals surface area contributed by atoms with Gasteiger partial charge in [0.15, 0.2) is 0 Å². The molecule has 0 aliphatic carbocycles. The summed E-state index contributed by atoms with van der Waals surface area (Å²) in [6, 6.07) is 5.55. The van der Waals surface area contributed by atoms with E-state index in [0.29, 0.717) is 18.7 Å². The van der Waals surface area contributed by atoms with Crippen molar-refractivity contribution >= 4 is 11.7 Å². The smallest absolute Gasteiger partial charge is 0.337 e. The fourth-order valence-corrected chi connectivity index (χ4v) is 2.12. The molecule has 2 N–H and O–H groups in total. The van der Waals surface area contributed by atoms with E-state index in [0.717, 1.165) is 17.9 Å². The summed E-state index contributed by atoms with van der Waals surface area (Å²) in [5.74, 6) is 0.450. The second kappa shape index (κ2) is 5.27. The second-order valence-electron chi connectivity index (χ2n) is 4.33. The molecule has 1 aliphatic heterocycles. The van der Waals surface area contributed by atoms with Gasteiger partial charge in [-0.1, -0.05) is 0 Å². The summed E-state index contributed by atoms with van der Waals surface area (Å²) in [5, 5.41) is 0. The first kappa shape index (κ1) is 12.7. The monoisotopic (exact) mass is 250 g/mol. The van der Waals surface area contributed by atoms with Crippen LogP contribution in [0.2, 0.25) is 0 Å². The van der Waals surface area contributed by atoms with Gasteiger partial charge in [0.05, 0.1) is 24.4 Å². The van der Waals surface area contributed by atoms with Crippen molar-refractivity contribution in [2.24, 2.45) is 5.73 Å². The van der Waals surface area contributed by atoms with Crippen LogP contribution in [0.3, 0.4) is 0 Å². The molecular formula is C13H18N2O3. The molecular weight excluding hydrogens is 232 g/mol. The molecule has 0 radical (unpaired) electrons. The zero-order valence-electron chi connectivity index (χ0n) is 10.7. The Morgan fingerprint density at radius 3 is 3.06 bits per heavy atom. The van der Waals surface area contributed by atoms with Gasteiger partial charge in [0.25, 0.3) is 0 Å². The SMILES string of the molecule is COC(=O)c1ccc2c(c1)N(C)C(CCN)CO2. The standard InChI is InChI=1S/C13H18N2O3/c1-15-10(5-6-14)8-18-12-4-3-9(7-11(12)15)13(16)17-2/h3-4,7,10H,5-6,8,14H2,1-2H3. The lowest BCUT2D eigenvalue weighted by atomic mass is 10.1. The van der Waals surface area contributed by atoms with E-state index in [1.54, 1.807) is 18.2 Å². The molecule has 1 atom stereocenters. The van der Waals surface area contributed by atoms with Gasteiger partial charge < -0.3 is 20.1 Å². The maximum Gasteiger partial charge on any atom is 0.337 e. The number of hydrogen-bond acceptors (Lipinski definition) is 5. The van der Waals surface area contributed by atoms with Crippen molar-refractivity contribution in [2.45, 2.75) is 12.5 Å². The van der Waals surface area contributed by atoms with Gasteiger partial charge in [-0.15, -0.1) is 0 Å². The number of methoxy groups -OCH3 is 1. The zero-order chi connectivity index (χ0) is 13.1. The van der Waals surface area contributed by atoms with Crippen LogP contribution in [0.4, 0.5) is 5.69 Å². The minimum absolute atomic E-state index is 0.246. The average molecular weight is 250 g/mol. The van der Waals surface area contributed by atoms with Crippen LogP contribution in [0, 0.1) is 0 Å². The van der Waals surface area contributed by atoms with Crippen LogP contribution in [0.25, 0.3) is 0 Å². The number of hydrogen-bond donors (Lipinski definition) is 1. The van der Waals surface area contributed by atoms with Gasteiger partial charge in [0.2, 0.25) is 0 Å². The van der Waals surface area contributed by atoms with Crippen LogP contribution in [0.5, 0.6) is 5.75 Å². The molecule has 1 heterocycles. The Hall–Kier alpha value is -1.75. The summed E-state index contributed by atoms with van der Waals surface area (Å²) in [6.45, 7) is 1.24. The highest BCUT2D eigenvalue weighted by atomic mass is 16.5. The summed E-state index contributed by atoms with van der Waals surface area (Å²) in [4.78, 5) is 13.6. The second-order valence-corrected chi connectivity index (χ2v) is 4.33. The van der Waals surface area contributed by atoms with Crippen molar-refractivity contribution in [1.29, 1.82) is 0 Å². The normalized spacial score (nSPS) is 17.9. The van der Waals surface area contributed by atoms with E-state index in [1.165, 1.54) is 7.11 Å². The number of benzene rings is 1. The first-order chi connectivity index (χ1) is 8.67. The van der Waals surface area contributed by atoms with Gasteiger partial charge in [-0.05, 0) is 31.2 Å². The molecule has 0 aromatic heterocycles. The average Bonchev–Trinajstić information content (AvgIpc) is 2.41. The Morgan fingerprint density at radius 1 is 1.61 bits per heavy atom. The lowest BCUT2D eigenvalue weighted by molar-refractivity contribution is 0.0600. The molecule has 0 bridgehead atoms. The van der Waals surface area contributed by atoms with Crippen LogP contribution in [0.1, 0.15) is 16.8 Å². The maximum absolute atomic E-state index is 11.5. The number of ether oxygens (including phenoxy) is 2. The summed E-state index contributed by atoms with van der Waals surface area (Å²) in [6.07, 6.45) is 0.860. The number of rotatable bonds is 3. The predicted molar refractivity (Wildman–Crippen MR) is 69.1 cm³/mol. The van der Waals surface area contributed by atoms with Crippen molar-refractivity contribution < 1.29 is 14.3 Å². The lowest BCUT2D eigenvalue weighted by Gasteiger charge is -2.35. The van der Waals surface area contributed by atoms with E-state index in [9.17, 15) is 4.79 Å². The highest BCUT2D eigenvalue weighted by Crippen LogP contribution is 2.34. The number of carbonyl (C=O) groups excluding carboxylic acids is 1. The topological polar surface area (TPSA) is 64.8 Å². The van der Waals surface area contributed by atoms with E-state index >= 15 is 0 Å². The molecule has 0 amide bonds. The molecule has 1 aromatic rings. The van der Waals surface area contributed by atoms with Crippen molar-refractivity contribution in [3.63, 3.8) is 0 Å². The number of nitrogens with two attached hydrogens (primary N) is 1. The van der Waals surface area contributed by atoms with Gasteiger partial charge in [-0.2, -0.15) is 0 Å². The molecule has 5 nitrogen and oxygen atoms in total. The van der Waals surface area contributed by atoms with E-state index < -0.39 is 0 Å². The maximum atomic E-state index is 11.5. The molecule has 18 heavy (non-hydrogen) atoms. The molecule has 98 valence electrons. The predicted octanol–water partition coefficient (Wildman–Crippen LogP) is 1.02. The third-order valence-electron chi connectivity index (χ3n) is 3.24. The molecule has 1 unspecified atom stereocenters. The molecule has 2 rings (SSSR count). The summed E-state index contributed by atoms with van der Waals surface area (Å²) < 4.78 is 10.4. The number of anilines is 1. The van der Waals surface area contributed by atoms with E-state index in [2.05, 4.69) is 4.90 Å². The van der Waals surface area contributed by atoms with Crippen molar-refractivity contribution in [3.8, 4) is 5.75 Å². The van der Waals surface area contributed by atoms with Gasteiger partial charge in [-0.25, -0.2) is 4.79 Å². The first-order valence-corrected chi connectivity index (χ1v) is 5.95. The van der Waals surface area contributed by atoms with Crippen LogP contribution < -0.4 is 15.4 Å². The molecule has 0 fully saturated rings. The van der Waals surface area contributed by atoms with E-state index in [4.69, 9.17) is 15.2 Å².